The Morgan fingerprint density at radius 3 is 2.43 bits per heavy atom. The van der Waals surface area contributed by atoms with E-state index in [2.05, 4.69) is 25.2 Å². The van der Waals surface area contributed by atoms with Gasteiger partial charge in [-0.15, -0.1) is 0 Å². The van der Waals surface area contributed by atoms with Gasteiger partial charge in [-0.1, -0.05) is 56.6 Å². The molecule has 0 spiro atoms. The zero-order valence-electron chi connectivity index (χ0n) is 27.1. The Bertz CT molecular complexity index is 1790. The number of alkyl carbamates (subject to hydrolysis) is 1. The summed E-state index contributed by atoms with van der Waals surface area (Å²) in [6.45, 7) is 5.79. The molecular weight excluding hydrogens is 661 g/mol. The summed E-state index contributed by atoms with van der Waals surface area (Å²) in [6, 6.07) is 15.8. The van der Waals surface area contributed by atoms with Gasteiger partial charge < -0.3 is 15.8 Å². The summed E-state index contributed by atoms with van der Waals surface area (Å²) in [5.41, 5.74) is 6.61. The van der Waals surface area contributed by atoms with Crippen molar-refractivity contribution in [2.24, 2.45) is 16.1 Å². The maximum Gasteiger partial charge on any atom is 0.411 e. The molecule has 258 valence electrons. The molecule has 1 atom stereocenters. The van der Waals surface area contributed by atoms with Crippen LogP contribution in [0.2, 0.25) is 5.02 Å². The molecule has 0 bridgehead atoms. The smallest absolute Gasteiger partial charge is 0.411 e. The molecular formula is C34H36ClF3N8O3. The van der Waals surface area contributed by atoms with Crippen molar-refractivity contribution in [1.82, 2.24) is 30.4 Å². The van der Waals surface area contributed by atoms with Crippen molar-refractivity contribution in [2.75, 3.05) is 13.2 Å². The fourth-order valence-corrected chi connectivity index (χ4v) is 5.23. The number of aromatic amines is 1. The van der Waals surface area contributed by atoms with E-state index in [1.165, 1.54) is 11.2 Å². The SMILES string of the molecule is CC(C)(C)CCN=C(N)N(C(=O)c1ccc(-c2ccccn2)cc1)[C@H](COC(=O)NC1(C(F)(F)F)CC1)c1ccc(Cl)c(-c2ncn[nH]2)c1. The molecule has 15 heteroatoms. The maximum atomic E-state index is 14.4. The Labute approximate surface area is 286 Å². The number of nitrogens with zero attached hydrogens (tertiary/aromatic N) is 5. The number of hydrogen-bond acceptors (Lipinski definition) is 7. The Morgan fingerprint density at radius 2 is 1.84 bits per heavy atom. The van der Waals surface area contributed by atoms with Crippen molar-refractivity contribution in [3.05, 3.63) is 89.3 Å². The van der Waals surface area contributed by atoms with Crippen LogP contribution in [0.3, 0.4) is 0 Å². The highest BCUT2D eigenvalue weighted by Gasteiger charge is 2.64. The molecule has 2 amide bonds. The summed E-state index contributed by atoms with van der Waals surface area (Å²) in [7, 11) is 0. The Hall–Kier alpha value is -4.98. The van der Waals surface area contributed by atoms with Crippen LogP contribution < -0.4 is 11.1 Å². The lowest BCUT2D eigenvalue weighted by molar-refractivity contribution is -0.164. The van der Waals surface area contributed by atoms with E-state index in [1.54, 1.807) is 54.7 Å². The van der Waals surface area contributed by atoms with Gasteiger partial charge in [-0.3, -0.25) is 24.8 Å². The quantitative estimate of drug-likeness (QED) is 0.120. The van der Waals surface area contributed by atoms with Gasteiger partial charge in [0.1, 0.15) is 18.5 Å². The van der Waals surface area contributed by atoms with Crippen LogP contribution in [0, 0.1) is 5.41 Å². The average molecular weight is 697 g/mol. The van der Waals surface area contributed by atoms with E-state index < -0.39 is 36.4 Å². The number of carbonyl (C=O) groups is 2. The Kier molecular flexibility index (Phi) is 10.3. The van der Waals surface area contributed by atoms with Gasteiger partial charge in [0.2, 0.25) is 0 Å². The minimum Gasteiger partial charge on any atom is -0.447 e. The molecule has 0 unspecified atom stereocenters. The minimum absolute atomic E-state index is 0.0973. The third-order valence-corrected chi connectivity index (χ3v) is 8.39. The van der Waals surface area contributed by atoms with Crippen molar-refractivity contribution < 1.29 is 27.5 Å². The number of alkyl halides is 3. The van der Waals surface area contributed by atoms with Crippen molar-refractivity contribution in [2.45, 2.75) is 57.8 Å². The molecule has 2 aromatic heterocycles. The first-order chi connectivity index (χ1) is 23.2. The molecule has 0 saturated heterocycles. The highest BCUT2D eigenvalue weighted by atomic mass is 35.5. The van der Waals surface area contributed by atoms with Gasteiger partial charge in [-0.25, -0.2) is 9.78 Å². The largest absolute Gasteiger partial charge is 0.447 e. The molecule has 0 aliphatic heterocycles. The van der Waals surface area contributed by atoms with E-state index in [4.69, 9.17) is 22.1 Å². The van der Waals surface area contributed by atoms with Crippen molar-refractivity contribution in [3.8, 4) is 22.6 Å². The average Bonchev–Trinajstić information content (AvgIpc) is 3.65. The van der Waals surface area contributed by atoms with Crippen LogP contribution in [-0.2, 0) is 4.74 Å². The minimum atomic E-state index is -4.65. The van der Waals surface area contributed by atoms with Crippen LogP contribution in [-0.4, -0.2) is 67.9 Å². The van der Waals surface area contributed by atoms with Gasteiger partial charge in [0, 0.05) is 29.4 Å². The van der Waals surface area contributed by atoms with E-state index in [0.717, 1.165) is 5.56 Å². The predicted octanol–water partition coefficient (Wildman–Crippen LogP) is 6.94. The van der Waals surface area contributed by atoms with E-state index in [-0.39, 0.29) is 36.3 Å². The molecule has 2 aromatic carbocycles. The Balaban J connectivity index is 1.54. The molecule has 1 aliphatic carbocycles. The number of aliphatic imine (C=N–C) groups is 1. The lowest BCUT2D eigenvalue weighted by atomic mass is 9.92. The second-order valence-electron chi connectivity index (χ2n) is 12.9. The second-order valence-corrected chi connectivity index (χ2v) is 13.3. The molecule has 49 heavy (non-hydrogen) atoms. The third kappa shape index (κ3) is 8.55. The van der Waals surface area contributed by atoms with Crippen LogP contribution in [0.5, 0.6) is 0 Å². The van der Waals surface area contributed by atoms with Crippen molar-refractivity contribution in [3.63, 3.8) is 0 Å². The van der Waals surface area contributed by atoms with Crippen molar-refractivity contribution in [1.29, 1.82) is 0 Å². The number of benzene rings is 2. The Morgan fingerprint density at radius 1 is 1.10 bits per heavy atom. The number of nitrogens with two attached hydrogens (primary N) is 1. The van der Waals surface area contributed by atoms with Gasteiger partial charge in [0.25, 0.3) is 5.91 Å². The van der Waals surface area contributed by atoms with Crippen LogP contribution >= 0.6 is 11.6 Å². The van der Waals surface area contributed by atoms with Gasteiger partial charge in [0.15, 0.2) is 11.8 Å². The summed E-state index contributed by atoms with van der Waals surface area (Å²) in [5.74, 6) is -0.453. The fraction of sp³-hybridized carbons (Fsp3) is 0.353. The number of H-pyrrole nitrogens is 1. The van der Waals surface area contributed by atoms with Crippen LogP contribution in [0.15, 0.2) is 78.2 Å². The zero-order chi connectivity index (χ0) is 35.4. The highest BCUT2D eigenvalue weighted by Crippen LogP contribution is 2.49. The standard InChI is InChI=1S/C34H36ClF3N8O3/c1-32(2,3)15-17-41-30(39)46(29(47)22-9-7-21(8-10-22)26-6-4-5-16-40-26)27(19-49-31(48)44-33(13-14-33)34(36,37)38)23-11-12-25(35)24(18-23)28-42-20-43-45-28/h4-12,16,18,20,27H,13-15,17,19H2,1-3H3,(H2,39,41)(H,44,48)(H,42,43,45)/t27-/m1/s1. The van der Waals surface area contributed by atoms with Crippen LogP contribution in [0.1, 0.15) is 62.0 Å². The van der Waals surface area contributed by atoms with Crippen LogP contribution in [0.4, 0.5) is 18.0 Å². The number of rotatable bonds is 10. The lowest BCUT2D eigenvalue weighted by Crippen LogP contribution is -2.49. The van der Waals surface area contributed by atoms with Gasteiger partial charge in [-0.05, 0) is 66.6 Å². The monoisotopic (exact) mass is 696 g/mol. The van der Waals surface area contributed by atoms with Gasteiger partial charge >= 0.3 is 12.3 Å². The number of amides is 2. The zero-order valence-corrected chi connectivity index (χ0v) is 27.8. The van der Waals surface area contributed by atoms with Crippen molar-refractivity contribution >= 4 is 29.6 Å². The van der Waals surface area contributed by atoms with Crippen LogP contribution in [0.25, 0.3) is 22.6 Å². The molecule has 4 N–H and O–H groups in total. The number of pyridine rings is 1. The normalized spacial score (nSPS) is 15.0. The molecule has 1 aliphatic rings. The molecule has 5 rings (SSSR count). The molecule has 11 nitrogen and oxygen atoms in total. The topological polar surface area (TPSA) is 151 Å². The van der Waals surface area contributed by atoms with E-state index >= 15 is 0 Å². The first-order valence-corrected chi connectivity index (χ1v) is 15.9. The summed E-state index contributed by atoms with van der Waals surface area (Å²) >= 11 is 6.50. The summed E-state index contributed by atoms with van der Waals surface area (Å²) < 4.78 is 46.3. The number of carbonyl (C=O) groups excluding carboxylic acids is 2. The van der Waals surface area contributed by atoms with E-state index in [0.29, 0.717) is 34.1 Å². The maximum absolute atomic E-state index is 14.4. The number of aromatic nitrogens is 4. The molecule has 4 aromatic rings. The molecule has 2 heterocycles. The summed E-state index contributed by atoms with van der Waals surface area (Å²) in [5, 5.41) is 8.87. The number of guanidine groups is 1. The number of ether oxygens (including phenoxy) is 1. The van der Waals surface area contributed by atoms with Gasteiger partial charge in [-0.2, -0.15) is 18.3 Å². The summed E-state index contributed by atoms with van der Waals surface area (Å²) in [4.78, 5) is 41.4. The predicted molar refractivity (Wildman–Crippen MR) is 178 cm³/mol. The first-order valence-electron chi connectivity index (χ1n) is 15.5. The van der Waals surface area contributed by atoms with E-state index in [1.807, 2.05) is 38.2 Å². The third-order valence-electron chi connectivity index (χ3n) is 8.06. The number of hydrogen-bond donors (Lipinski definition) is 3. The summed E-state index contributed by atoms with van der Waals surface area (Å²) in [6.07, 6.45) is -2.89. The second kappa shape index (κ2) is 14.2. The highest BCUT2D eigenvalue weighted by molar-refractivity contribution is 6.33. The van der Waals surface area contributed by atoms with E-state index in [9.17, 15) is 22.8 Å². The number of nitrogens with one attached hydrogen (secondary N) is 2. The first kappa shape index (κ1) is 35.3. The molecule has 1 fully saturated rings. The molecule has 0 radical (unpaired) electrons. The fourth-order valence-electron chi connectivity index (χ4n) is 5.02. The lowest BCUT2D eigenvalue weighted by Gasteiger charge is -2.32. The number of halogens is 4. The van der Waals surface area contributed by atoms with Gasteiger partial charge in [0.05, 0.1) is 16.8 Å². The molecule has 1 saturated carbocycles.